The smallest absolute Gasteiger partial charge is 0.249 e. The van der Waals surface area contributed by atoms with Crippen molar-refractivity contribution >= 4 is 17.5 Å². The molecule has 1 aromatic carbocycles. The molecule has 1 aromatic rings. The second-order valence-corrected chi connectivity index (χ2v) is 3.04. The Balaban J connectivity index is 3.38. The van der Waals surface area contributed by atoms with Crippen molar-refractivity contribution in [1.82, 2.24) is 0 Å². The first-order chi connectivity index (χ1) is 6.06. The van der Waals surface area contributed by atoms with Crippen molar-refractivity contribution < 1.29 is 9.18 Å². The van der Waals surface area contributed by atoms with Crippen molar-refractivity contribution in [3.63, 3.8) is 0 Å². The molecular formula is C9H9ClFNO. The zero-order valence-electron chi connectivity index (χ0n) is 7.10. The van der Waals surface area contributed by atoms with Gasteiger partial charge >= 0.3 is 0 Å². The summed E-state index contributed by atoms with van der Waals surface area (Å²) in [6, 6.07) is 2.28. The first-order valence-electron chi connectivity index (χ1n) is 3.84. The summed E-state index contributed by atoms with van der Waals surface area (Å²) >= 11 is 5.73. The number of primary amides is 1. The minimum atomic E-state index is -0.654. The molecule has 0 aromatic heterocycles. The van der Waals surface area contributed by atoms with Crippen LogP contribution in [0.15, 0.2) is 12.1 Å². The first-order valence-corrected chi connectivity index (χ1v) is 4.21. The average molecular weight is 202 g/mol. The summed E-state index contributed by atoms with van der Waals surface area (Å²) in [5, 5.41) is 0.247. The van der Waals surface area contributed by atoms with E-state index in [9.17, 15) is 9.18 Å². The van der Waals surface area contributed by atoms with Gasteiger partial charge in [-0.1, -0.05) is 18.5 Å². The number of halogens is 2. The number of hydrogen-bond donors (Lipinski definition) is 1. The van der Waals surface area contributed by atoms with E-state index in [0.717, 1.165) is 6.07 Å². The molecule has 0 fully saturated rings. The lowest BCUT2D eigenvalue weighted by Gasteiger charge is -2.06. The molecule has 0 radical (unpaired) electrons. The van der Waals surface area contributed by atoms with Gasteiger partial charge in [-0.3, -0.25) is 4.79 Å². The topological polar surface area (TPSA) is 43.1 Å². The molecule has 2 nitrogen and oxygen atoms in total. The van der Waals surface area contributed by atoms with Crippen molar-refractivity contribution in [2.45, 2.75) is 13.3 Å². The van der Waals surface area contributed by atoms with Crippen LogP contribution in [0.5, 0.6) is 0 Å². The van der Waals surface area contributed by atoms with Crippen LogP contribution in [0, 0.1) is 5.82 Å². The number of benzene rings is 1. The van der Waals surface area contributed by atoms with Gasteiger partial charge in [-0.25, -0.2) is 4.39 Å². The molecule has 1 amide bonds. The normalized spacial score (nSPS) is 10.1. The molecule has 0 unspecified atom stereocenters. The minimum absolute atomic E-state index is 0.160. The summed E-state index contributed by atoms with van der Waals surface area (Å²) in [4.78, 5) is 10.9. The Morgan fingerprint density at radius 2 is 2.23 bits per heavy atom. The molecule has 0 bridgehead atoms. The largest absolute Gasteiger partial charge is 0.366 e. The SMILES string of the molecule is CCc1c(Cl)cc(F)cc1C(N)=O. The van der Waals surface area contributed by atoms with Gasteiger partial charge in [0, 0.05) is 10.6 Å². The van der Waals surface area contributed by atoms with Crippen LogP contribution in [-0.2, 0) is 6.42 Å². The number of carbonyl (C=O) groups excluding carboxylic acids is 1. The van der Waals surface area contributed by atoms with Crippen molar-refractivity contribution in [1.29, 1.82) is 0 Å². The van der Waals surface area contributed by atoms with Crippen LogP contribution >= 0.6 is 11.6 Å². The lowest BCUT2D eigenvalue weighted by Crippen LogP contribution is -2.14. The number of amides is 1. The van der Waals surface area contributed by atoms with Gasteiger partial charge < -0.3 is 5.73 Å². The van der Waals surface area contributed by atoms with E-state index >= 15 is 0 Å². The molecule has 0 aliphatic rings. The van der Waals surface area contributed by atoms with Crippen molar-refractivity contribution in [3.8, 4) is 0 Å². The highest BCUT2D eigenvalue weighted by atomic mass is 35.5. The Kier molecular flexibility index (Phi) is 2.88. The lowest BCUT2D eigenvalue weighted by atomic mass is 10.0. The molecule has 0 heterocycles. The van der Waals surface area contributed by atoms with E-state index in [1.165, 1.54) is 6.07 Å². The van der Waals surface area contributed by atoms with Crippen LogP contribution in [0.2, 0.25) is 5.02 Å². The van der Waals surface area contributed by atoms with E-state index < -0.39 is 11.7 Å². The third kappa shape index (κ3) is 1.98. The maximum absolute atomic E-state index is 12.8. The number of nitrogens with two attached hydrogens (primary N) is 1. The van der Waals surface area contributed by atoms with E-state index in [4.69, 9.17) is 17.3 Å². The van der Waals surface area contributed by atoms with E-state index in [-0.39, 0.29) is 10.6 Å². The molecule has 0 atom stereocenters. The fourth-order valence-electron chi connectivity index (χ4n) is 1.18. The monoisotopic (exact) mass is 201 g/mol. The first kappa shape index (κ1) is 9.99. The maximum atomic E-state index is 12.8. The lowest BCUT2D eigenvalue weighted by molar-refractivity contribution is 0.0999. The molecule has 0 saturated heterocycles. The minimum Gasteiger partial charge on any atom is -0.366 e. The van der Waals surface area contributed by atoms with Crippen LogP contribution < -0.4 is 5.73 Å². The molecule has 1 rings (SSSR count). The maximum Gasteiger partial charge on any atom is 0.249 e. The molecule has 4 heteroatoms. The fraction of sp³-hybridized carbons (Fsp3) is 0.222. The van der Waals surface area contributed by atoms with Crippen molar-refractivity contribution in [2.24, 2.45) is 5.73 Å². The standard InChI is InChI=1S/C9H9ClFNO/c1-2-6-7(9(12)13)3-5(11)4-8(6)10/h3-4H,2H2,1H3,(H2,12,13). The number of hydrogen-bond acceptors (Lipinski definition) is 1. The highest BCUT2D eigenvalue weighted by Gasteiger charge is 2.11. The molecule has 70 valence electrons. The van der Waals surface area contributed by atoms with Crippen LogP contribution in [0.1, 0.15) is 22.8 Å². The van der Waals surface area contributed by atoms with E-state index in [2.05, 4.69) is 0 Å². The Morgan fingerprint density at radius 3 is 2.69 bits per heavy atom. The van der Waals surface area contributed by atoms with Gasteiger partial charge in [0.15, 0.2) is 0 Å². The Hall–Kier alpha value is -1.09. The van der Waals surface area contributed by atoms with Crippen molar-refractivity contribution in [3.05, 3.63) is 34.1 Å². The van der Waals surface area contributed by atoms with Gasteiger partial charge in [0.25, 0.3) is 0 Å². The molecule has 0 spiro atoms. The quantitative estimate of drug-likeness (QED) is 0.783. The van der Waals surface area contributed by atoms with Crippen LogP contribution in [0.3, 0.4) is 0 Å². The Morgan fingerprint density at radius 1 is 1.62 bits per heavy atom. The second-order valence-electron chi connectivity index (χ2n) is 2.63. The van der Waals surface area contributed by atoms with Crippen LogP contribution in [0.4, 0.5) is 4.39 Å². The van der Waals surface area contributed by atoms with Crippen LogP contribution in [0.25, 0.3) is 0 Å². The predicted octanol–water partition coefficient (Wildman–Crippen LogP) is 2.14. The number of carbonyl (C=O) groups is 1. The summed E-state index contributed by atoms with van der Waals surface area (Å²) in [5.74, 6) is -1.20. The van der Waals surface area contributed by atoms with Gasteiger partial charge in [-0.2, -0.15) is 0 Å². The van der Waals surface area contributed by atoms with E-state index in [1.54, 1.807) is 0 Å². The Bertz CT molecular complexity index is 352. The summed E-state index contributed by atoms with van der Waals surface area (Å²) in [6.07, 6.45) is 0.553. The van der Waals surface area contributed by atoms with Gasteiger partial charge in [0.1, 0.15) is 5.82 Å². The Labute approximate surface area is 80.5 Å². The van der Waals surface area contributed by atoms with Crippen LogP contribution in [-0.4, -0.2) is 5.91 Å². The average Bonchev–Trinajstić information content (AvgIpc) is 2.02. The van der Waals surface area contributed by atoms with E-state index in [0.29, 0.717) is 12.0 Å². The molecular weight excluding hydrogens is 193 g/mol. The fourth-order valence-corrected chi connectivity index (χ4v) is 1.52. The van der Waals surface area contributed by atoms with Gasteiger partial charge in [0.05, 0.1) is 0 Å². The van der Waals surface area contributed by atoms with Gasteiger partial charge in [0.2, 0.25) is 5.91 Å². The van der Waals surface area contributed by atoms with Gasteiger partial charge in [-0.05, 0) is 24.1 Å². The number of rotatable bonds is 2. The molecule has 13 heavy (non-hydrogen) atoms. The summed E-state index contributed by atoms with van der Waals surface area (Å²) in [6.45, 7) is 1.82. The highest BCUT2D eigenvalue weighted by molar-refractivity contribution is 6.31. The third-order valence-corrected chi connectivity index (χ3v) is 2.12. The molecule has 0 saturated carbocycles. The summed E-state index contributed by atoms with van der Waals surface area (Å²) < 4.78 is 12.8. The van der Waals surface area contributed by atoms with E-state index in [1.807, 2.05) is 6.92 Å². The third-order valence-electron chi connectivity index (χ3n) is 1.78. The zero-order valence-corrected chi connectivity index (χ0v) is 7.86. The highest BCUT2D eigenvalue weighted by Crippen LogP contribution is 2.22. The van der Waals surface area contributed by atoms with Gasteiger partial charge in [-0.15, -0.1) is 0 Å². The summed E-state index contributed by atoms with van der Waals surface area (Å²) in [7, 11) is 0. The molecule has 0 aliphatic carbocycles. The zero-order chi connectivity index (χ0) is 10.0. The van der Waals surface area contributed by atoms with Crippen molar-refractivity contribution in [2.75, 3.05) is 0 Å². The molecule has 0 aliphatic heterocycles. The second kappa shape index (κ2) is 3.75. The molecule has 2 N–H and O–H groups in total. The predicted molar refractivity (Wildman–Crippen MR) is 49.3 cm³/mol. The summed E-state index contributed by atoms with van der Waals surface area (Å²) in [5.41, 5.74) is 5.82.